The van der Waals surface area contributed by atoms with Crippen LogP contribution in [0.3, 0.4) is 0 Å². The summed E-state index contributed by atoms with van der Waals surface area (Å²) in [6, 6.07) is 0. The summed E-state index contributed by atoms with van der Waals surface area (Å²) in [5, 5.41) is 2.88. The summed E-state index contributed by atoms with van der Waals surface area (Å²) in [6.45, 7) is 3.73. The predicted octanol–water partition coefficient (Wildman–Crippen LogP) is 1.87. The number of rotatable bonds is 2. The summed E-state index contributed by atoms with van der Waals surface area (Å²) < 4.78 is 0. The molecule has 1 aliphatic heterocycles. The van der Waals surface area contributed by atoms with Crippen LogP contribution in [0.4, 0.5) is 0 Å². The molecular formula is C11H18N2O. The summed E-state index contributed by atoms with van der Waals surface area (Å²) in [5.74, 6) is 1.71. The third kappa shape index (κ3) is 1.81. The van der Waals surface area contributed by atoms with Crippen molar-refractivity contribution in [3.05, 3.63) is 0 Å². The van der Waals surface area contributed by atoms with Gasteiger partial charge >= 0.3 is 0 Å². The van der Waals surface area contributed by atoms with E-state index in [0.717, 1.165) is 18.2 Å². The second kappa shape index (κ2) is 3.37. The quantitative estimate of drug-likeness (QED) is 0.716. The SMILES string of the molecule is CC1(C)N=C(CC2CCCC2)NC1=O. The molecule has 0 aromatic heterocycles. The van der Waals surface area contributed by atoms with Gasteiger partial charge < -0.3 is 5.32 Å². The van der Waals surface area contributed by atoms with Crippen LogP contribution in [0, 0.1) is 5.92 Å². The van der Waals surface area contributed by atoms with Gasteiger partial charge in [-0.2, -0.15) is 0 Å². The van der Waals surface area contributed by atoms with Crippen molar-refractivity contribution in [3.8, 4) is 0 Å². The second-order valence-electron chi connectivity index (χ2n) is 4.93. The lowest BCUT2D eigenvalue weighted by Crippen LogP contribution is -2.34. The van der Waals surface area contributed by atoms with Crippen molar-refractivity contribution in [2.45, 2.75) is 51.5 Å². The molecule has 1 amide bonds. The fourth-order valence-corrected chi connectivity index (χ4v) is 2.28. The van der Waals surface area contributed by atoms with Gasteiger partial charge in [-0.15, -0.1) is 0 Å². The van der Waals surface area contributed by atoms with Gasteiger partial charge in [-0.25, -0.2) is 0 Å². The van der Waals surface area contributed by atoms with Crippen molar-refractivity contribution in [1.82, 2.24) is 5.32 Å². The minimum Gasteiger partial charge on any atom is -0.312 e. The molecule has 3 nitrogen and oxygen atoms in total. The van der Waals surface area contributed by atoms with Gasteiger partial charge in [0.05, 0.1) is 0 Å². The number of nitrogens with one attached hydrogen (secondary N) is 1. The van der Waals surface area contributed by atoms with Crippen LogP contribution in [-0.4, -0.2) is 17.3 Å². The number of amidine groups is 1. The monoisotopic (exact) mass is 194 g/mol. The van der Waals surface area contributed by atoms with E-state index in [1.165, 1.54) is 25.7 Å². The first-order chi connectivity index (χ1) is 6.58. The maximum absolute atomic E-state index is 11.5. The van der Waals surface area contributed by atoms with Crippen LogP contribution in [0.15, 0.2) is 4.99 Å². The van der Waals surface area contributed by atoms with E-state index in [1.807, 2.05) is 13.8 Å². The van der Waals surface area contributed by atoms with E-state index < -0.39 is 5.54 Å². The summed E-state index contributed by atoms with van der Waals surface area (Å²) in [6.07, 6.45) is 6.25. The molecule has 0 spiro atoms. The van der Waals surface area contributed by atoms with E-state index in [4.69, 9.17) is 0 Å². The number of carbonyl (C=O) groups excluding carboxylic acids is 1. The highest BCUT2D eigenvalue weighted by Crippen LogP contribution is 2.29. The first-order valence-corrected chi connectivity index (χ1v) is 5.48. The number of nitrogens with zero attached hydrogens (tertiary/aromatic N) is 1. The molecule has 3 heteroatoms. The van der Waals surface area contributed by atoms with E-state index in [1.54, 1.807) is 0 Å². The van der Waals surface area contributed by atoms with Crippen LogP contribution in [0.5, 0.6) is 0 Å². The van der Waals surface area contributed by atoms with Crippen LogP contribution < -0.4 is 5.32 Å². The van der Waals surface area contributed by atoms with Gasteiger partial charge in [0, 0.05) is 6.42 Å². The summed E-state index contributed by atoms with van der Waals surface area (Å²) in [4.78, 5) is 15.9. The Balaban J connectivity index is 1.96. The summed E-state index contributed by atoms with van der Waals surface area (Å²) >= 11 is 0. The highest BCUT2D eigenvalue weighted by atomic mass is 16.2. The van der Waals surface area contributed by atoms with E-state index >= 15 is 0 Å². The van der Waals surface area contributed by atoms with Crippen molar-refractivity contribution in [1.29, 1.82) is 0 Å². The smallest absolute Gasteiger partial charge is 0.252 e. The average Bonchev–Trinajstić information content (AvgIpc) is 2.62. The number of hydrogen-bond donors (Lipinski definition) is 1. The van der Waals surface area contributed by atoms with Gasteiger partial charge in [0.25, 0.3) is 5.91 Å². The van der Waals surface area contributed by atoms with E-state index in [2.05, 4.69) is 10.3 Å². The number of hydrogen-bond acceptors (Lipinski definition) is 2. The first kappa shape index (κ1) is 9.69. The maximum Gasteiger partial charge on any atom is 0.252 e. The van der Waals surface area contributed by atoms with Crippen LogP contribution in [-0.2, 0) is 4.79 Å². The van der Waals surface area contributed by atoms with Crippen LogP contribution in [0.25, 0.3) is 0 Å². The van der Waals surface area contributed by atoms with Gasteiger partial charge in [-0.05, 0) is 19.8 Å². The molecule has 14 heavy (non-hydrogen) atoms. The molecule has 1 saturated carbocycles. The zero-order valence-electron chi connectivity index (χ0n) is 8.97. The molecule has 0 aromatic rings. The zero-order valence-corrected chi connectivity index (χ0v) is 8.97. The number of amides is 1. The molecule has 1 fully saturated rings. The third-order valence-corrected chi connectivity index (χ3v) is 3.18. The Bertz CT molecular complexity index is 275. The molecule has 0 radical (unpaired) electrons. The van der Waals surface area contributed by atoms with E-state index in [0.29, 0.717) is 0 Å². The number of aliphatic imine (C=N–C) groups is 1. The lowest BCUT2D eigenvalue weighted by atomic mass is 10.0. The van der Waals surface area contributed by atoms with Gasteiger partial charge in [0.15, 0.2) is 0 Å². The molecule has 0 saturated heterocycles. The van der Waals surface area contributed by atoms with Gasteiger partial charge in [-0.1, -0.05) is 25.7 Å². The largest absolute Gasteiger partial charge is 0.312 e. The molecule has 0 atom stereocenters. The van der Waals surface area contributed by atoms with E-state index in [-0.39, 0.29) is 5.91 Å². The van der Waals surface area contributed by atoms with Crippen molar-refractivity contribution in [2.24, 2.45) is 10.9 Å². The Morgan fingerprint density at radius 2 is 2.07 bits per heavy atom. The van der Waals surface area contributed by atoms with Crippen LogP contribution in [0.2, 0.25) is 0 Å². The zero-order chi connectivity index (χ0) is 10.2. The van der Waals surface area contributed by atoms with E-state index in [9.17, 15) is 4.79 Å². The molecule has 2 aliphatic rings. The van der Waals surface area contributed by atoms with Gasteiger partial charge in [-0.3, -0.25) is 9.79 Å². The minimum atomic E-state index is -0.534. The van der Waals surface area contributed by atoms with Gasteiger partial charge in [0.1, 0.15) is 11.4 Å². The Morgan fingerprint density at radius 1 is 1.43 bits per heavy atom. The minimum absolute atomic E-state index is 0.0468. The fourth-order valence-electron chi connectivity index (χ4n) is 2.28. The third-order valence-electron chi connectivity index (χ3n) is 3.18. The maximum atomic E-state index is 11.5. The Kier molecular flexibility index (Phi) is 2.33. The molecule has 78 valence electrons. The van der Waals surface area contributed by atoms with Crippen molar-refractivity contribution in [2.75, 3.05) is 0 Å². The van der Waals surface area contributed by atoms with Crippen molar-refractivity contribution < 1.29 is 4.79 Å². The fraction of sp³-hybridized carbons (Fsp3) is 0.818. The van der Waals surface area contributed by atoms with Crippen LogP contribution in [0.1, 0.15) is 46.0 Å². The normalized spacial score (nSPS) is 26.4. The molecule has 0 bridgehead atoms. The molecule has 1 aliphatic carbocycles. The lowest BCUT2D eigenvalue weighted by Gasteiger charge is -2.07. The molecule has 1 N–H and O–H groups in total. The van der Waals surface area contributed by atoms with Crippen LogP contribution >= 0.6 is 0 Å². The Hall–Kier alpha value is -0.860. The molecule has 0 unspecified atom stereocenters. The molecular weight excluding hydrogens is 176 g/mol. The predicted molar refractivity (Wildman–Crippen MR) is 56.2 cm³/mol. The highest BCUT2D eigenvalue weighted by Gasteiger charge is 2.34. The Morgan fingerprint density at radius 3 is 2.57 bits per heavy atom. The lowest BCUT2D eigenvalue weighted by molar-refractivity contribution is -0.122. The molecule has 1 heterocycles. The first-order valence-electron chi connectivity index (χ1n) is 5.48. The summed E-state index contributed by atoms with van der Waals surface area (Å²) in [5.41, 5.74) is -0.534. The summed E-state index contributed by atoms with van der Waals surface area (Å²) in [7, 11) is 0. The topological polar surface area (TPSA) is 41.5 Å². The second-order valence-corrected chi connectivity index (χ2v) is 4.93. The standard InChI is InChI=1S/C11H18N2O/c1-11(2)10(14)12-9(13-11)7-8-5-3-4-6-8/h8H,3-7H2,1-2H3,(H,12,13,14). The van der Waals surface area contributed by atoms with Gasteiger partial charge in [0.2, 0.25) is 0 Å². The average molecular weight is 194 g/mol. The molecule has 0 aromatic carbocycles. The van der Waals surface area contributed by atoms with Crippen molar-refractivity contribution in [3.63, 3.8) is 0 Å². The van der Waals surface area contributed by atoms with Crippen molar-refractivity contribution >= 4 is 11.7 Å². The Labute approximate surface area is 85.0 Å². The molecule has 2 rings (SSSR count). The number of carbonyl (C=O) groups is 1. The highest BCUT2D eigenvalue weighted by molar-refractivity contribution is 6.07.